The molecule has 82 valence electrons. The van der Waals surface area contributed by atoms with E-state index in [4.69, 9.17) is 5.11 Å². The van der Waals surface area contributed by atoms with E-state index >= 15 is 0 Å². The van der Waals surface area contributed by atoms with E-state index in [1.807, 2.05) is 0 Å². The molecule has 0 saturated heterocycles. The lowest BCUT2D eigenvalue weighted by molar-refractivity contribution is 0.0515. The van der Waals surface area contributed by atoms with Crippen molar-refractivity contribution in [3.8, 4) is 0 Å². The fraction of sp³-hybridized carbons (Fsp3) is 0.600. The molecule has 1 fully saturated rings. The fourth-order valence-corrected chi connectivity index (χ4v) is 1.73. The third kappa shape index (κ3) is 2.02. The number of hydrogen-bond donors (Lipinski definition) is 1. The zero-order chi connectivity index (χ0) is 10.7. The summed E-state index contributed by atoms with van der Waals surface area (Å²) in [5, 5.41) is 12.5. The van der Waals surface area contributed by atoms with E-state index in [0.29, 0.717) is 12.2 Å². The lowest BCUT2D eigenvalue weighted by Crippen LogP contribution is -2.45. The molecule has 0 atom stereocenters. The Balaban J connectivity index is 2.06. The molecule has 5 nitrogen and oxygen atoms in total. The maximum Gasteiger partial charge on any atom is 0.276 e. The maximum absolute atomic E-state index is 11.9. The molecule has 0 spiro atoms. The number of nitrogens with zero attached hydrogens (tertiary/aromatic N) is 2. The molecule has 0 bridgehead atoms. The summed E-state index contributed by atoms with van der Waals surface area (Å²) in [5.74, 6) is -0.150. The maximum atomic E-state index is 11.9. The summed E-state index contributed by atoms with van der Waals surface area (Å²) < 4.78 is 4.64. The second-order valence-corrected chi connectivity index (χ2v) is 3.69. The number of carbonyl (C=O) groups is 1. The highest BCUT2D eigenvalue weighted by Gasteiger charge is 2.29. The molecule has 1 aromatic rings. The molecule has 0 radical (unpaired) electrons. The SMILES string of the molecule is O=C(c1ccon1)N(CCO)C1CCC1. The van der Waals surface area contributed by atoms with Crippen LogP contribution in [0.3, 0.4) is 0 Å². The summed E-state index contributed by atoms with van der Waals surface area (Å²) in [6.45, 7) is 0.358. The molecule has 1 aliphatic carbocycles. The van der Waals surface area contributed by atoms with Gasteiger partial charge in [0.15, 0.2) is 5.69 Å². The molecule has 1 heterocycles. The Labute approximate surface area is 87.7 Å². The Kier molecular flexibility index (Phi) is 3.01. The summed E-state index contributed by atoms with van der Waals surface area (Å²) in [4.78, 5) is 13.6. The average molecular weight is 210 g/mol. The standard InChI is InChI=1S/C10H14N2O3/c13-6-5-12(8-2-1-3-8)10(14)9-4-7-15-11-9/h4,7-8,13H,1-3,5-6H2. The zero-order valence-electron chi connectivity index (χ0n) is 8.43. The van der Waals surface area contributed by atoms with Crippen molar-refractivity contribution in [2.75, 3.05) is 13.2 Å². The second-order valence-electron chi connectivity index (χ2n) is 3.69. The summed E-state index contributed by atoms with van der Waals surface area (Å²) in [7, 11) is 0. The molecule has 5 heteroatoms. The van der Waals surface area contributed by atoms with Crippen molar-refractivity contribution in [2.24, 2.45) is 0 Å². The van der Waals surface area contributed by atoms with Crippen molar-refractivity contribution in [3.05, 3.63) is 18.0 Å². The Morgan fingerprint density at radius 3 is 2.93 bits per heavy atom. The van der Waals surface area contributed by atoms with Crippen LogP contribution in [0.2, 0.25) is 0 Å². The number of aromatic nitrogens is 1. The van der Waals surface area contributed by atoms with Gasteiger partial charge in [0.05, 0.1) is 6.61 Å². The van der Waals surface area contributed by atoms with E-state index in [-0.39, 0.29) is 18.6 Å². The van der Waals surface area contributed by atoms with Crippen LogP contribution in [-0.2, 0) is 0 Å². The largest absolute Gasteiger partial charge is 0.395 e. The van der Waals surface area contributed by atoms with Crippen molar-refractivity contribution < 1.29 is 14.4 Å². The molecule has 0 unspecified atom stereocenters. The van der Waals surface area contributed by atoms with Crippen LogP contribution in [0.1, 0.15) is 29.8 Å². The van der Waals surface area contributed by atoms with Gasteiger partial charge in [0.25, 0.3) is 5.91 Å². The highest BCUT2D eigenvalue weighted by molar-refractivity contribution is 5.92. The summed E-state index contributed by atoms with van der Waals surface area (Å²) in [5.41, 5.74) is 0.315. The smallest absolute Gasteiger partial charge is 0.276 e. The van der Waals surface area contributed by atoms with Crippen LogP contribution in [0.5, 0.6) is 0 Å². The van der Waals surface area contributed by atoms with Gasteiger partial charge >= 0.3 is 0 Å². The number of aliphatic hydroxyl groups is 1. The zero-order valence-corrected chi connectivity index (χ0v) is 8.43. The highest BCUT2D eigenvalue weighted by atomic mass is 16.5. The molecule has 1 aliphatic rings. The fourth-order valence-electron chi connectivity index (χ4n) is 1.73. The minimum absolute atomic E-state index is 0.0138. The monoisotopic (exact) mass is 210 g/mol. The van der Waals surface area contributed by atoms with E-state index in [9.17, 15) is 4.79 Å². The molecule has 15 heavy (non-hydrogen) atoms. The van der Waals surface area contributed by atoms with Gasteiger partial charge in [-0.2, -0.15) is 0 Å². The predicted molar refractivity (Wildman–Crippen MR) is 52.3 cm³/mol. The van der Waals surface area contributed by atoms with Crippen molar-refractivity contribution in [1.29, 1.82) is 0 Å². The first-order valence-corrected chi connectivity index (χ1v) is 5.15. The molecular formula is C10H14N2O3. The van der Waals surface area contributed by atoms with Crippen LogP contribution in [0.4, 0.5) is 0 Å². The molecule has 2 rings (SSSR count). The van der Waals surface area contributed by atoms with Gasteiger partial charge in [-0.3, -0.25) is 4.79 Å². The molecule has 0 aromatic carbocycles. The quantitative estimate of drug-likeness (QED) is 0.792. The van der Waals surface area contributed by atoms with E-state index in [2.05, 4.69) is 9.68 Å². The molecule has 0 aliphatic heterocycles. The Morgan fingerprint density at radius 1 is 1.67 bits per heavy atom. The molecule has 1 saturated carbocycles. The number of hydrogen-bond acceptors (Lipinski definition) is 4. The number of rotatable bonds is 4. The predicted octanol–water partition coefficient (Wildman–Crippen LogP) is 0.662. The number of aliphatic hydroxyl groups excluding tert-OH is 1. The molecular weight excluding hydrogens is 196 g/mol. The second kappa shape index (κ2) is 4.44. The van der Waals surface area contributed by atoms with Crippen molar-refractivity contribution in [3.63, 3.8) is 0 Å². The van der Waals surface area contributed by atoms with Gasteiger partial charge in [0.1, 0.15) is 6.26 Å². The van der Waals surface area contributed by atoms with Crippen LogP contribution >= 0.6 is 0 Å². The van der Waals surface area contributed by atoms with Gasteiger partial charge in [0.2, 0.25) is 0 Å². The Morgan fingerprint density at radius 2 is 2.47 bits per heavy atom. The van der Waals surface area contributed by atoms with Crippen LogP contribution in [0, 0.1) is 0 Å². The molecule has 1 amide bonds. The molecule has 1 aromatic heterocycles. The number of amides is 1. The van der Waals surface area contributed by atoms with Gasteiger partial charge in [-0.25, -0.2) is 0 Å². The summed E-state index contributed by atoms with van der Waals surface area (Å²) in [6, 6.07) is 1.81. The van der Waals surface area contributed by atoms with Gasteiger partial charge in [-0.15, -0.1) is 0 Å². The van der Waals surface area contributed by atoms with Crippen molar-refractivity contribution >= 4 is 5.91 Å². The van der Waals surface area contributed by atoms with E-state index < -0.39 is 0 Å². The third-order valence-corrected chi connectivity index (χ3v) is 2.77. The summed E-state index contributed by atoms with van der Waals surface area (Å²) in [6.07, 6.45) is 4.57. The lowest BCUT2D eigenvalue weighted by Gasteiger charge is -2.36. The van der Waals surface area contributed by atoms with Gasteiger partial charge in [0, 0.05) is 18.7 Å². The minimum Gasteiger partial charge on any atom is -0.395 e. The minimum atomic E-state index is -0.150. The highest BCUT2D eigenvalue weighted by Crippen LogP contribution is 2.25. The van der Waals surface area contributed by atoms with Crippen LogP contribution in [-0.4, -0.2) is 40.3 Å². The summed E-state index contributed by atoms with van der Waals surface area (Å²) >= 11 is 0. The normalized spacial score (nSPS) is 16.1. The van der Waals surface area contributed by atoms with Gasteiger partial charge < -0.3 is 14.5 Å². The first-order chi connectivity index (χ1) is 7.33. The van der Waals surface area contributed by atoms with E-state index in [1.165, 1.54) is 6.26 Å². The van der Waals surface area contributed by atoms with Gasteiger partial charge in [-0.1, -0.05) is 5.16 Å². The van der Waals surface area contributed by atoms with Crippen LogP contribution < -0.4 is 0 Å². The van der Waals surface area contributed by atoms with Gasteiger partial charge in [-0.05, 0) is 19.3 Å². The van der Waals surface area contributed by atoms with Crippen molar-refractivity contribution in [1.82, 2.24) is 10.1 Å². The Hall–Kier alpha value is -1.36. The van der Waals surface area contributed by atoms with Crippen LogP contribution in [0.25, 0.3) is 0 Å². The molecule has 1 N–H and O–H groups in total. The third-order valence-electron chi connectivity index (χ3n) is 2.77. The first kappa shape index (κ1) is 10.2. The first-order valence-electron chi connectivity index (χ1n) is 5.15. The Bertz CT molecular complexity index is 319. The topological polar surface area (TPSA) is 66.6 Å². The van der Waals surface area contributed by atoms with Crippen LogP contribution in [0.15, 0.2) is 16.9 Å². The lowest BCUT2D eigenvalue weighted by atomic mass is 9.91. The number of carbonyl (C=O) groups excluding carboxylic acids is 1. The van der Waals surface area contributed by atoms with E-state index in [1.54, 1.807) is 11.0 Å². The average Bonchev–Trinajstić information content (AvgIpc) is 2.66. The van der Waals surface area contributed by atoms with Crippen molar-refractivity contribution in [2.45, 2.75) is 25.3 Å². The van der Waals surface area contributed by atoms with E-state index in [0.717, 1.165) is 19.3 Å².